The number of aromatic nitrogens is 3. The number of para-hydroxylation sites is 2. The van der Waals surface area contributed by atoms with Crippen molar-refractivity contribution in [2.45, 2.75) is 49.4 Å². The summed E-state index contributed by atoms with van der Waals surface area (Å²) in [5.74, 6) is -0.562. The molecule has 1 aromatic carbocycles. The first-order valence-electron chi connectivity index (χ1n) is 8.72. The molecule has 1 aromatic heterocycles. The molecule has 1 aliphatic heterocycles. The third kappa shape index (κ3) is 5.10. The monoisotopic (exact) mass is 414 g/mol. The van der Waals surface area contributed by atoms with E-state index in [0.717, 1.165) is 24.6 Å². The number of alkyl halides is 2. The molecule has 0 unspecified atom stereocenters. The second kappa shape index (κ2) is 9.20. The first-order chi connectivity index (χ1) is 13.4. The predicted molar refractivity (Wildman–Crippen MR) is 98.8 cm³/mol. The van der Waals surface area contributed by atoms with Gasteiger partial charge in [0, 0.05) is 6.61 Å². The Labute approximate surface area is 163 Å². The summed E-state index contributed by atoms with van der Waals surface area (Å²) in [6.45, 7) is -0.344. The maximum atomic E-state index is 12.5. The summed E-state index contributed by atoms with van der Waals surface area (Å²) >= 11 is 1.09. The quantitative estimate of drug-likeness (QED) is 0.644. The van der Waals surface area contributed by atoms with E-state index < -0.39 is 17.8 Å². The zero-order valence-corrected chi connectivity index (χ0v) is 15.9. The molecule has 1 fully saturated rings. The average Bonchev–Trinajstić information content (AvgIpc) is 3.28. The number of nitrogens with zero attached hydrogens (tertiary/aromatic N) is 2. The molecule has 0 spiro atoms. The number of rotatable bonds is 8. The topological polar surface area (TPSA) is 98.2 Å². The lowest BCUT2D eigenvalue weighted by atomic mass is 10.2. The number of anilines is 1. The number of ether oxygens (including phenoxy) is 2. The van der Waals surface area contributed by atoms with E-state index >= 15 is 0 Å². The van der Waals surface area contributed by atoms with Crippen LogP contribution >= 0.6 is 11.8 Å². The summed E-state index contributed by atoms with van der Waals surface area (Å²) in [6.07, 6.45) is 1.74. The highest BCUT2D eigenvalue weighted by Gasteiger charge is 2.23. The summed E-state index contributed by atoms with van der Waals surface area (Å²) in [6, 6.07) is 5.93. The summed E-state index contributed by atoms with van der Waals surface area (Å²) in [5.41, 5.74) is -0.236. The maximum Gasteiger partial charge on any atom is 0.387 e. The van der Waals surface area contributed by atoms with Crippen LogP contribution in [0, 0.1) is 0 Å². The van der Waals surface area contributed by atoms with Gasteiger partial charge in [0.1, 0.15) is 5.75 Å². The lowest BCUT2D eigenvalue weighted by Crippen LogP contribution is -2.27. The molecule has 3 rings (SSSR count). The van der Waals surface area contributed by atoms with E-state index in [1.807, 2.05) is 0 Å². The van der Waals surface area contributed by atoms with Crippen LogP contribution in [0.3, 0.4) is 0 Å². The van der Waals surface area contributed by atoms with E-state index in [2.05, 4.69) is 20.3 Å². The molecule has 1 saturated heterocycles. The number of halogens is 2. The van der Waals surface area contributed by atoms with Crippen molar-refractivity contribution in [1.29, 1.82) is 0 Å². The molecule has 2 atom stereocenters. The van der Waals surface area contributed by atoms with Gasteiger partial charge in [-0.2, -0.15) is 8.78 Å². The number of aromatic amines is 1. The SMILES string of the molecule is C[C@@H](Sc1n[nH]c(=O)n1C[C@H]1CCCO1)C(=O)Nc1ccccc1OC(F)F. The normalized spacial score (nSPS) is 17.6. The highest BCUT2D eigenvalue weighted by atomic mass is 32.2. The van der Waals surface area contributed by atoms with Crippen LogP contribution in [-0.2, 0) is 16.1 Å². The second-order valence-electron chi connectivity index (χ2n) is 6.18. The molecule has 0 radical (unpaired) electrons. The number of thioether (sulfide) groups is 1. The maximum absolute atomic E-state index is 12.5. The Kier molecular flexibility index (Phi) is 6.68. The Bertz CT molecular complexity index is 867. The molecule has 1 amide bonds. The van der Waals surface area contributed by atoms with Crippen LogP contribution in [0.2, 0.25) is 0 Å². The van der Waals surface area contributed by atoms with Gasteiger partial charge in [0.25, 0.3) is 0 Å². The van der Waals surface area contributed by atoms with Crippen LogP contribution in [0.25, 0.3) is 0 Å². The van der Waals surface area contributed by atoms with E-state index in [-0.39, 0.29) is 23.2 Å². The lowest BCUT2D eigenvalue weighted by molar-refractivity contribution is -0.115. The van der Waals surface area contributed by atoms with Gasteiger partial charge in [-0.15, -0.1) is 5.10 Å². The Balaban J connectivity index is 1.66. The van der Waals surface area contributed by atoms with E-state index in [9.17, 15) is 18.4 Å². The summed E-state index contributed by atoms with van der Waals surface area (Å²) in [7, 11) is 0. The van der Waals surface area contributed by atoms with E-state index in [1.165, 1.54) is 22.8 Å². The van der Waals surface area contributed by atoms with Crippen molar-refractivity contribution in [3.8, 4) is 5.75 Å². The number of carbonyl (C=O) groups is 1. The Hall–Kier alpha value is -2.40. The Morgan fingerprint density at radius 2 is 2.29 bits per heavy atom. The zero-order valence-electron chi connectivity index (χ0n) is 15.1. The van der Waals surface area contributed by atoms with Crippen molar-refractivity contribution in [3.63, 3.8) is 0 Å². The second-order valence-corrected chi connectivity index (χ2v) is 7.49. The molecule has 8 nitrogen and oxygen atoms in total. The van der Waals surface area contributed by atoms with Crippen LogP contribution in [0.4, 0.5) is 14.5 Å². The third-order valence-electron chi connectivity index (χ3n) is 4.15. The van der Waals surface area contributed by atoms with Crippen LogP contribution in [0.5, 0.6) is 5.75 Å². The van der Waals surface area contributed by atoms with E-state index in [1.54, 1.807) is 13.0 Å². The summed E-state index contributed by atoms with van der Waals surface area (Å²) < 4.78 is 36.4. The van der Waals surface area contributed by atoms with Crippen molar-refractivity contribution in [1.82, 2.24) is 14.8 Å². The molecule has 0 bridgehead atoms. The van der Waals surface area contributed by atoms with Gasteiger partial charge >= 0.3 is 12.3 Å². The van der Waals surface area contributed by atoms with Gasteiger partial charge in [0.05, 0.1) is 23.6 Å². The Morgan fingerprint density at radius 3 is 3.00 bits per heavy atom. The van der Waals surface area contributed by atoms with Crippen molar-refractivity contribution >= 4 is 23.4 Å². The molecule has 0 saturated carbocycles. The van der Waals surface area contributed by atoms with Gasteiger partial charge in [-0.25, -0.2) is 9.89 Å². The number of amides is 1. The van der Waals surface area contributed by atoms with E-state index in [4.69, 9.17) is 4.74 Å². The molecule has 28 heavy (non-hydrogen) atoms. The van der Waals surface area contributed by atoms with E-state index in [0.29, 0.717) is 18.3 Å². The number of nitrogens with one attached hydrogen (secondary N) is 2. The molecule has 2 aromatic rings. The minimum atomic E-state index is -3.00. The number of carbonyl (C=O) groups excluding carboxylic acids is 1. The number of hydrogen-bond acceptors (Lipinski definition) is 6. The van der Waals surface area contributed by atoms with Crippen LogP contribution in [-0.4, -0.2) is 45.2 Å². The fourth-order valence-corrected chi connectivity index (χ4v) is 3.63. The number of benzene rings is 1. The minimum absolute atomic E-state index is 0.0582. The predicted octanol–water partition coefficient (Wildman–Crippen LogP) is 2.47. The van der Waals surface area contributed by atoms with Crippen molar-refractivity contribution < 1.29 is 23.0 Å². The molecular weight excluding hydrogens is 394 g/mol. The largest absolute Gasteiger partial charge is 0.433 e. The van der Waals surface area contributed by atoms with Gasteiger partial charge in [-0.3, -0.25) is 9.36 Å². The highest BCUT2D eigenvalue weighted by Crippen LogP contribution is 2.28. The molecule has 152 valence electrons. The lowest BCUT2D eigenvalue weighted by Gasteiger charge is -2.15. The third-order valence-corrected chi connectivity index (χ3v) is 5.24. The smallest absolute Gasteiger partial charge is 0.387 e. The molecular formula is C17H20F2N4O4S. The van der Waals surface area contributed by atoms with Gasteiger partial charge in [0.15, 0.2) is 5.16 Å². The Morgan fingerprint density at radius 1 is 1.50 bits per heavy atom. The minimum Gasteiger partial charge on any atom is -0.433 e. The molecule has 11 heteroatoms. The zero-order chi connectivity index (χ0) is 20.1. The number of hydrogen-bond donors (Lipinski definition) is 2. The molecule has 1 aliphatic rings. The first kappa shape index (κ1) is 20.3. The highest BCUT2D eigenvalue weighted by molar-refractivity contribution is 8.00. The fourth-order valence-electron chi connectivity index (χ4n) is 2.76. The molecule has 2 N–H and O–H groups in total. The van der Waals surface area contributed by atoms with Crippen LogP contribution < -0.4 is 15.7 Å². The van der Waals surface area contributed by atoms with Crippen molar-refractivity contribution in [2.24, 2.45) is 0 Å². The van der Waals surface area contributed by atoms with Gasteiger partial charge in [0.2, 0.25) is 5.91 Å². The van der Waals surface area contributed by atoms with Gasteiger partial charge in [-0.1, -0.05) is 23.9 Å². The number of H-pyrrole nitrogens is 1. The molecule has 2 heterocycles. The van der Waals surface area contributed by atoms with Crippen molar-refractivity contribution in [2.75, 3.05) is 11.9 Å². The average molecular weight is 414 g/mol. The van der Waals surface area contributed by atoms with Crippen molar-refractivity contribution in [3.05, 3.63) is 34.7 Å². The van der Waals surface area contributed by atoms with Crippen LogP contribution in [0.15, 0.2) is 34.2 Å². The van der Waals surface area contributed by atoms with Gasteiger partial charge in [-0.05, 0) is 31.9 Å². The fraction of sp³-hybridized carbons (Fsp3) is 0.471. The first-order valence-corrected chi connectivity index (χ1v) is 9.60. The molecule has 0 aliphatic carbocycles. The van der Waals surface area contributed by atoms with Crippen LogP contribution in [0.1, 0.15) is 19.8 Å². The summed E-state index contributed by atoms with van der Waals surface area (Å²) in [5, 5.41) is 8.64. The summed E-state index contributed by atoms with van der Waals surface area (Å²) in [4.78, 5) is 24.5. The van der Waals surface area contributed by atoms with Gasteiger partial charge < -0.3 is 14.8 Å². The standard InChI is InChI=1S/C17H20F2N4O4S/c1-10(14(24)20-12-6-2-3-7-13(12)27-15(18)19)28-17-22-21-16(25)23(17)9-11-5-4-8-26-11/h2-3,6-7,10-11,15H,4-5,8-9H2,1H3,(H,20,24)(H,21,25)/t10-,11-/m1/s1.